The van der Waals surface area contributed by atoms with Crippen LogP contribution >= 0.6 is 0 Å². The zero-order chi connectivity index (χ0) is 13.5. The number of aromatic nitrogens is 2. The smallest absolute Gasteiger partial charge is 0.129 e. The van der Waals surface area contributed by atoms with Crippen LogP contribution in [0, 0.1) is 0 Å². The van der Waals surface area contributed by atoms with Gasteiger partial charge in [-0.15, -0.1) is 0 Å². The topological polar surface area (TPSA) is 47.0 Å². The Kier molecular flexibility index (Phi) is 5.51. The van der Waals surface area contributed by atoms with Crippen LogP contribution in [0.3, 0.4) is 0 Å². The molecule has 0 bridgehead atoms. The molecule has 1 aromatic rings. The maximum Gasteiger partial charge on any atom is 0.129 e. The van der Waals surface area contributed by atoms with Crippen molar-refractivity contribution in [2.24, 2.45) is 0 Å². The van der Waals surface area contributed by atoms with E-state index in [1.807, 2.05) is 0 Å². The number of nitrogens with zero attached hydrogens (tertiary/aromatic N) is 2. The molecule has 0 aromatic carbocycles. The highest BCUT2D eigenvalue weighted by atomic mass is 19.1. The Morgan fingerprint density at radius 2 is 2.37 bits per heavy atom. The number of ether oxygens (including phenoxy) is 1. The summed E-state index contributed by atoms with van der Waals surface area (Å²) in [5.74, 6) is 0.734. The van der Waals surface area contributed by atoms with Crippen molar-refractivity contribution in [3.63, 3.8) is 0 Å². The summed E-state index contributed by atoms with van der Waals surface area (Å²) < 4.78 is 19.5. The monoisotopic (exact) mass is 267 g/mol. The molecule has 3 unspecified atom stereocenters. The van der Waals surface area contributed by atoms with Gasteiger partial charge in [-0.25, -0.2) is 14.4 Å². The van der Waals surface area contributed by atoms with Gasteiger partial charge in [-0.2, -0.15) is 0 Å². The summed E-state index contributed by atoms with van der Waals surface area (Å²) in [7, 11) is 0. The Labute approximate surface area is 113 Å². The van der Waals surface area contributed by atoms with Crippen molar-refractivity contribution in [3.8, 4) is 0 Å². The minimum atomic E-state index is -0.745. The number of nitrogens with one attached hydrogen (secondary N) is 1. The van der Waals surface area contributed by atoms with E-state index in [1.165, 1.54) is 6.33 Å². The second kappa shape index (κ2) is 7.38. The number of unbranched alkanes of at least 4 members (excludes halogenated alkanes) is 1. The quantitative estimate of drug-likeness (QED) is 0.805. The third-order valence-corrected chi connectivity index (χ3v) is 3.47. The molecule has 2 rings (SSSR count). The second-order valence-electron chi connectivity index (χ2n) is 5.02. The number of hydrogen-bond donors (Lipinski definition) is 1. The molecule has 1 aliphatic rings. The van der Waals surface area contributed by atoms with E-state index in [-0.39, 0.29) is 12.1 Å². The zero-order valence-corrected chi connectivity index (χ0v) is 11.4. The van der Waals surface area contributed by atoms with Crippen molar-refractivity contribution in [1.82, 2.24) is 9.97 Å². The Morgan fingerprint density at radius 1 is 1.47 bits per heavy atom. The number of alkyl halides is 1. The van der Waals surface area contributed by atoms with Crippen LogP contribution in [0.1, 0.15) is 39.0 Å². The van der Waals surface area contributed by atoms with Gasteiger partial charge in [0.2, 0.25) is 0 Å². The first-order valence-corrected chi connectivity index (χ1v) is 7.07. The van der Waals surface area contributed by atoms with E-state index in [9.17, 15) is 4.39 Å². The van der Waals surface area contributed by atoms with Gasteiger partial charge < -0.3 is 10.1 Å². The largest absolute Gasteiger partial charge is 0.376 e. The highest BCUT2D eigenvalue weighted by molar-refractivity contribution is 5.33. The minimum Gasteiger partial charge on any atom is -0.376 e. The number of halogens is 1. The van der Waals surface area contributed by atoms with Crippen LogP contribution in [0.2, 0.25) is 0 Å². The summed E-state index contributed by atoms with van der Waals surface area (Å²) in [4.78, 5) is 8.01. The van der Waals surface area contributed by atoms with Crippen LogP contribution in [-0.2, 0) is 4.74 Å². The van der Waals surface area contributed by atoms with E-state index in [4.69, 9.17) is 4.74 Å². The first-order chi connectivity index (χ1) is 9.29. The summed E-state index contributed by atoms with van der Waals surface area (Å²) in [6, 6.07) is 1.79. The van der Waals surface area contributed by atoms with E-state index in [1.54, 1.807) is 12.3 Å². The van der Waals surface area contributed by atoms with Crippen LogP contribution in [0.15, 0.2) is 18.6 Å². The van der Waals surface area contributed by atoms with Gasteiger partial charge in [0.05, 0.1) is 12.1 Å². The molecule has 3 atom stereocenters. The molecule has 19 heavy (non-hydrogen) atoms. The third kappa shape index (κ3) is 4.42. The fourth-order valence-corrected chi connectivity index (χ4v) is 2.39. The predicted molar refractivity (Wildman–Crippen MR) is 72.8 cm³/mol. The molecule has 1 aliphatic carbocycles. The van der Waals surface area contributed by atoms with Crippen molar-refractivity contribution >= 4 is 5.82 Å². The highest BCUT2D eigenvalue weighted by Gasteiger charge is 2.31. The van der Waals surface area contributed by atoms with Crippen LogP contribution in [0.25, 0.3) is 0 Å². The Morgan fingerprint density at radius 3 is 3.11 bits per heavy atom. The van der Waals surface area contributed by atoms with Crippen LogP contribution in [0.5, 0.6) is 0 Å². The number of hydrogen-bond acceptors (Lipinski definition) is 4. The standard InChI is InChI=1S/C14H22FN3O/c1-2-3-8-19-13-5-4-11(15)9-12(13)18-14-6-7-16-10-17-14/h6-7,10-13H,2-5,8-9H2,1H3,(H,16,17,18). The van der Waals surface area contributed by atoms with E-state index < -0.39 is 6.17 Å². The summed E-state index contributed by atoms with van der Waals surface area (Å²) >= 11 is 0. The molecule has 0 amide bonds. The lowest BCUT2D eigenvalue weighted by molar-refractivity contribution is 0.00317. The molecule has 5 heteroatoms. The van der Waals surface area contributed by atoms with Crippen molar-refractivity contribution in [3.05, 3.63) is 18.6 Å². The van der Waals surface area contributed by atoms with Gasteiger partial charge in [-0.3, -0.25) is 0 Å². The van der Waals surface area contributed by atoms with Gasteiger partial charge in [0.25, 0.3) is 0 Å². The predicted octanol–water partition coefficient (Wildman–Crippen LogP) is 2.96. The summed E-state index contributed by atoms with van der Waals surface area (Å²) in [6.07, 6.45) is 6.52. The van der Waals surface area contributed by atoms with E-state index in [0.717, 1.165) is 31.7 Å². The molecule has 1 aromatic heterocycles. The van der Waals surface area contributed by atoms with E-state index in [2.05, 4.69) is 22.2 Å². The molecule has 1 fully saturated rings. The SMILES string of the molecule is CCCCOC1CCC(F)CC1Nc1ccncn1. The average Bonchev–Trinajstić information content (AvgIpc) is 2.43. The minimum absolute atomic E-state index is 0.00416. The van der Waals surface area contributed by atoms with Gasteiger partial charge in [0.1, 0.15) is 18.3 Å². The third-order valence-electron chi connectivity index (χ3n) is 3.47. The fourth-order valence-electron chi connectivity index (χ4n) is 2.39. The van der Waals surface area contributed by atoms with Gasteiger partial charge in [0.15, 0.2) is 0 Å². The molecule has 0 aliphatic heterocycles. The summed E-state index contributed by atoms with van der Waals surface area (Å²) in [6.45, 7) is 2.89. The van der Waals surface area contributed by atoms with Gasteiger partial charge in [-0.05, 0) is 25.3 Å². The maximum absolute atomic E-state index is 13.6. The number of anilines is 1. The zero-order valence-electron chi connectivity index (χ0n) is 11.4. The number of rotatable bonds is 6. The van der Waals surface area contributed by atoms with Gasteiger partial charge >= 0.3 is 0 Å². The molecule has 0 radical (unpaired) electrons. The van der Waals surface area contributed by atoms with Crippen molar-refractivity contribution in [1.29, 1.82) is 0 Å². The van der Waals surface area contributed by atoms with Crippen LogP contribution in [0.4, 0.5) is 10.2 Å². The van der Waals surface area contributed by atoms with Crippen molar-refractivity contribution in [2.45, 2.75) is 57.3 Å². The van der Waals surface area contributed by atoms with E-state index >= 15 is 0 Å². The first-order valence-electron chi connectivity index (χ1n) is 7.07. The maximum atomic E-state index is 13.6. The van der Waals surface area contributed by atoms with Crippen LogP contribution in [-0.4, -0.2) is 34.9 Å². The summed E-state index contributed by atoms with van der Waals surface area (Å²) in [5.41, 5.74) is 0. The lowest BCUT2D eigenvalue weighted by Crippen LogP contribution is -2.42. The van der Waals surface area contributed by atoms with Crippen molar-refractivity contribution in [2.75, 3.05) is 11.9 Å². The molecule has 0 spiro atoms. The Hall–Kier alpha value is -1.23. The molecule has 4 nitrogen and oxygen atoms in total. The lowest BCUT2D eigenvalue weighted by Gasteiger charge is -2.34. The second-order valence-corrected chi connectivity index (χ2v) is 5.02. The van der Waals surface area contributed by atoms with Gasteiger partial charge in [0, 0.05) is 19.2 Å². The normalized spacial score (nSPS) is 27.2. The first kappa shape index (κ1) is 14.2. The Bertz CT molecular complexity index is 363. The van der Waals surface area contributed by atoms with E-state index in [0.29, 0.717) is 12.8 Å². The molecule has 1 saturated carbocycles. The molecule has 106 valence electrons. The molecular formula is C14H22FN3O. The van der Waals surface area contributed by atoms with Gasteiger partial charge in [-0.1, -0.05) is 13.3 Å². The highest BCUT2D eigenvalue weighted by Crippen LogP contribution is 2.26. The summed E-state index contributed by atoms with van der Waals surface area (Å²) in [5, 5.41) is 3.27. The van der Waals surface area contributed by atoms with Crippen LogP contribution < -0.4 is 5.32 Å². The average molecular weight is 267 g/mol. The Balaban J connectivity index is 1.92. The fraction of sp³-hybridized carbons (Fsp3) is 0.714. The molecule has 0 saturated heterocycles. The lowest BCUT2D eigenvalue weighted by atomic mass is 9.91. The van der Waals surface area contributed by atoms with Crippen molar-refractivity contribution < 1.29 is 9.13 Å². The molecule has 1 heterocycles. The molecular weight excluding hydrogens is 245 g/mol. The molecule has 1 N–H and O–H groups in total.